The average molecular weight is 529 g/mol. The maximum absolute atomic E-state index is 13.7. The van der Waals surface area contributed by atoms with E-state index in [4.69, 9.17) is 9.26 Å². The van der Waals surface area contributed by atoms with Crippen LogP contribution in [0, 0.1) is 11.8 Å². The second-order valence-electron chi connectivity index (χ2n) is 10.2. The minimum atomic E-state index is -2.96. The lowest BCUT2D eigenvalue weighted by Gasteiger charge is -2.27. The van der Waals surface area contributed by atoms with Crippen LogP contribution in [-0.2, 0) is 31.6 Å². The summed E-state index contributed by atoms with van der Waals surface area (Å²) in [5, 5.41) is 5.82. The van der Waals surface area contributed by atoms with E-state index in [-0.39, 0.29) is 24.3 Å². The summed E-state index contributed by atoms with van der Waals surface area (Å²) in [5.41, 5.74) is 2.07. The molecule has 0 aliphatic carbocycles. The van der Waals surface area contributed by atoms with Crippen molar-refractivity contribution in [1.82, 2.24) is 10.6 Å². The Balaban J connectivity index is 1.31. The Labute approximate surface area is 221 Å². The van der Waals surface area contributed by atoms with E-state index in [2.05, 4.69) is 10.6 Å². The number of amides is 2. The molecule has 2 amide bonds. The van der Waals surface area contributed by atoms with Gasteiger partial charge in [-0.2, -0.15) is 0 Å². The number of unbranched alkanes of at least 4 members (excludes halogenated alkanes) is 2. The molecule has 0 saturated carbocycles. The van der Waals surface area contributed by atoms with E-state index in [1.807, 2.05) is 74.5 Å². The number of aryl methyl sites for hydroxylation is 1. The number of hydrogen-bond acceptors (Lipinski definition) is 5. The highest BCUT2D eigenvalue weighted by molar-refractivity contribution is 7.60. The monoisotopic (exact) mass is 528 g/mol. The van der Waals surface area contributed by atoms with Gasteiger partial charge in [0.1, 0.15) is 12.4 Å². The Kier molecular flexibility index (Phi) is 11.7. The van der Waals surface area contributed by atoms with E-state index >= 15 is 0 Å². The van der Waals surface area contributed by atoms with Crippen molar-refractivity contribution < 1.29 is 23.4 Å². The van der Waals surface area contributed by atoms with E-state index < -0.39 is 19.2 Å². The molecule has 0 bridgehead atoms. The molecule has 1 unspecified atom stereocenters. The molecule has 3 rings (SSSR count). The molecule has 202 valence electrons. The first-order chi connectivity index (χ1) is 17.9. The van der Waals surface area contributed by atoms with Crippen LogP contribution in [0.5, 0.6) is 0 Å². The molecule has 0 radical (unpaired) electrons. The fourth-order valence-electron chi connectivity index (χ4n) is 4.62. The number of carbonyl (C=O) groups is 2. The van der Waals surface area contributed by atoms with E-state index in [0.717, 1.165) is 36.8 Å². The van der Waals surface area contributed by atoms with Gasteiger partial charge in [-0.3, -0.25) is 9.36 Å². The fourth-order valence-corrected chi connectivity index (χ4v) is 7.84. The number of rotatable bonds is 14. The van der Waals surface area contributed by atoms with E-state index in [1.165, 1.54) is 0 Å². The average Bonchev–Trinajstić information content (AvgIpc) is 3.29. The quantitative estimate of drug-likeness (QED) is 0.227. The van der Waals surface area contributed by atoms with Crippen molar-refractivity contribution in [3.05, 3.63) is 71.8 Å². The molecule has 0 aromatic heterocycles. The van der Waals surface area contributed by atoms with Crippen molar-refractivity contribution in [2.24, 2.45) is 11.8 Å². The summed E-state index contributed by atoms with van der Waals surface area (Å²) in [5.74, 6) is -0.276. The van der Waals surface area contributed by atoms with Crippen molar-refractivity contribution in [3.63, 3.8) is 0 Å². The van der Waals surface area contributed by atoms with E-state index in [9.17, 15) is 14.2 Å². The molecule has 3 atom stereocenters. The second-order valence-corrected chi connectivity index (χ2v) is 12.8. The molecule has 1 aliphatic rings. The summed E-state index contributed by atoms with van der Waals surface area (Å²) in [6.07, 6.45) is 4.86. The van der Waals surface area contributed by atoms with Crippen LogP contribution >= 0.6 is 7.37 Å². The van der Waals surface area contributed by atoms with Crippen molar-refractivity contribution in [2.45, 2.75) is 64.8 Å². The molecule has 1 heterocycles. The Hall–Kier alpha value is -2.63. The predicted molar refractivity (Wildman–Crippen MR) is 147 cm³/mol. The minimum Gasteiger partial charge on any atom is -0.445 e. The lowest BCUT2D eigenvalue weighted by atomic mass is 10.0. The normalized spacial score (nSPS) is 19.9. The van der Waals surface area contributed by atoms with Crippen LogP contribution in [0.2, 0.25) is 0 Å². The topological polar surface area (TPSA) is 93.7 Å². The molecule has 2 N–H and O–H groups in total. The summed E-state index contributed by atoms with van der Waals surface area (Å²) < 4.78 is 24.7. The maximum atomic E-state index is 13.7. The van der Waals surface area contributed by atoms with Gasteiger partial charge in [0.2, 0.25) is 13.3 Å². The van der Waals surface area contributed by atoms with Crippen LogP contribution in [0.4, 0.5) is 4.79 Å². The van der Waals surface area contributed by atoms with Crippen LogP contribution in [0.3, 0.4) is 0 Å². The SMILES string of the molecule is CC(C)[C@H](NC(=O)CCc1ccccc1)[P@]1(=O)CC(CCCCCNC(=O)OCc2ccccc2)CO1. The summed E-state index contributed by atoms with van der Waals surface area (Å²) in [6, 6.07) is 19.5. The van der Waals surface area contributed by atoms with Gasteiger partial charge in [-0.05, 0) is 42.2 Å². The lowest BCUT2D eigenvalue weighted by molar-refractivity contribution is -0.121. The van der Waals surface area contributed by atoms with Crippen LogP contribution in [-0.4, -0.2) is 37.1 Å². The molecule has 7 nitrogen and oxygen atoms in total. The van der Waals surface area contributed by atoms with Gasteiger partial charge in [0, 0.05) is 19.1 Å². The van der Waals surface area contributed by atoms with Crippen molar-refractivity contribution in [1.29, 1.82) is 0 Å². The van der Waals surface area contributed by atoms with E-state index in [0.29, 0.717) is 32.2 Å². The zero-order chi connectivity index (χ0) is 26.5. The van der Waals surface area contributed by atoms with Gasteiger partial charge in [0.05, 0.1) is 6.61 Å². The highest BCUT2D eigenvalue weighted by Crippen LogP contribution is 2.59. The fraction of sp³-hybridized carbons (Fsp3) is 0.517. The first-order valence-electron chi connectivity index (χ1n) is 13.4. The van der Waals surface area contributed by atoms with Crippen molar-refractivity contribution in [2.75, 3.05) is 19.3 Å². The molecule has 0 spiro atoms. The number of carbonyl (C=O) groups excluding carboxylic acids is 2. The molecule has 1 saturated heterocycles. The lowest BCUT2D eigenvalue weighted by Crippen LogP contribution is -2.39. The Morgan fingerprint density at radius 1 is 1.00 bits per heavy atom. The molecular formula is C29H41N2O5P. The molecule has 37 heavy (non-hydrogen) atoms. The van der Waals surface area contributed by atoms with Gasteiger partial charge in [-0.25, -0.2) is 4.79 Å². The number of ether oxygens (including phenoxy) is 1. The van der Waals surface area contributed by atoms with Gasteiger partial charge in [-0.1, -0.05) is 87.4 Å². The minimum absolute atomic E-state index is 0.0259. The number of nitrogens with one attached hydrogen (secondary N) is 2. The highest BCUT2D eigenvalue weighted by atomic mass is 31.2. The Bertz CT molecular complexity index is 1020. The van der Waals surface area contributed by atoms with Crippen molar-refractivity contribution in [3.8, 4) is 0 Å². The third-order valence-electron chi connectivity index (χ3n) is 6.66. The van der Waals surface area contributed by atoms with Gasteiger partial charge in [0.15, 0.2) is 0 Å². The number of hydrogen-bond donors (Lipinski definition) is 2. The largest absolute Gasteiger partial charge is 0.445 e. The Morgan fingerprint density at radius 3 is 2.35 bits per heavy atom. The molecule has 8 heteroatoms. The first kappa shape index (κ1) is 28.9. The third kappa shape index (κ3) is 9.98. The van der Waals surface area contributed by atoms with Crippen LogP contribution in [0.25, 0.3) is 0 Å². The van der Waals surface area contributed by atoms with Gasteiger partial charge >= 0.3 is 6.09 Å². The summed E-state index contributed by atoms with van der Waals surface area (Å²) in [6.45, 7) is 5.27. The smallest absolute Gasteiger partial charge is 0.407 e. The van der Waals surface area contributed by atoms with Gasteiger partial charge in [-0.15, -0.1) is 0 Å². The Morgan fingerprint density at radius 2 is 1.68 bits per heavy atom. The zero-order valence-corrected chi connectivity index (χ0v) is 23.0. The van der Waals surface area contributed by atoms with Gasteiger partial charge < -0.3 is 19.9 Å². The molecule has 1 fully saturated rings. The molecular weight excluding hydrogens is 487 g/mol. The number of alkyl carbamates (subject to hydrolysis) is 1. The van der Waals surface area contributed by atoms with Crippen molar-refractivity contribution >= 4 is 19.4 Å². The maximum Gasteiger partial charge on any atom is 0.407 e. The second kappa shape index (κ2) is 14.9. The third-order valence-corrected chi connectivity index (χ3v) is 9.84. The van der Waals surface area contributed by atoms with E-state index in [1.54, 1.807) is 0 Å². The molecule has 2 aromatic carbocycles. The van der Waals surface area contributed by atoms with Crippen LogP contribution in [0.15, 0.2) is 60.7 Å². The summed E-state index contributed by atoms with van der Waals surface area (Å²) in [7, 11) is -2.96. The number of benzene rings is 2. The predicted octanol–water partition coefficient (Wildman–Crippen LogP) is 6.13. The summed E-state index contributed by atoms with van der Waals surface area (Å²) in [4.78, 5) is 24.4. The summed E-state index contributed by atoms with van der Waals surface area (Å²) >= 11 is 0. The van der Waals surface area contributed by atoms with Gasteiger partial charge in [0.25, 0.3) is 0 Å². The van der Waals surface area contributed by atoms with Crippen LogP contribution < -0.4 is 10.6 Å². The first-order valence-corrected chi connectivity index (χ1v) is 15.2. The highest BCUT2D eigenvalue weighted by Gasteiger charge is 2.44. The standard InChI is InChI=1S/C29H41N2O5P/c1-23(2)28(31-27(32)18-17-24-12-6-3-7-13-24)37(34)22-26(21-36-37)16-10-5-11-19-30-29(33)35-20-25-14-8-4-9-15-25/h3-4,6-9,12-15,23,26,28H,5,10-11,16-22H2,1-2H3,(H,30,33)(H,31,32)/t26?,28-,37+/m1/s1. The molecule has 2 aromatic rings. The zero-order valence-electron chi connectivity index (χ0n) is 22.1. The molecule has 1 aliphatic heterocycles. The van der Waals surface area contributed by atoms with Crippen LogP contribution in [0.1, 0.15) is 57.1 Å².